The average Bonchev–Trinajstić information content (AvgIpc) is 3.14. The monoisotopic (exact) mass is 243 g/mol. The van der Waals surface area contributed by atoms with Gasteiger partial charge in [-0.05, 0) is 25.3 Å². The summed E-state index contributed by atoms with van der Waals surface area (Å²) in [6.45, 7) is 2.76. The molecule has 1 N–H and O–H groups in total. The van der Waals surface area contributed by atoms with Crippen LogP contribution in [0, 0.1) is 0 Å². The van der Waals surface area contributed by atoms with Gasteiger partial charge in [0, 0.05) is 6.04 Å². The van der Waals surface area contributed by atoms with Crippen molar-refractivity contribution in [3.05, 3.63) is 47.7 Å². The molecule has 1 unspecified atom stereocenters. The number of hydrogen-bond acceptors (Lipinski definition) is 4. The van der Waals surface area contributed by atoms with Gasteiger partial charge in [0.05, 0.1) is 12.5 Å². The van der Waals surface area contributed by atoms with Gasteiger partial charge in [-0.1, -0.05) is 30.3 Å². The van der Waals surface area contributed by atoms with Gasteiger partial charge >= 0.3 is 0 Å². The van der Waals surface area contributed by atoms with Crippen molar-refractivity contribution in [3.63, 3.8) is 0 Å². The molecule has 0 saturated heterocycles. The molecule has 0 amide bonds. The van der Waals surface area contributed by atoms with E-state index in [0.717, 1.165) is 0 Å². The highest BCUT2D eigenvalue weighted by Crippen LogP contribution is 2.23. The van der Waals surface area contributed by atoms with Crippen LogP contribution in [0.1, 0.15) is 43.0 Å². The third-order valence-electron chi connectivity index (χ3n) is 3.27. The Morgan fingerprint density at radius 1 is 1.28 bits per heavy atom. The molecule has 2 aromatic rings. The number of hydrogen-bond donors (Lipinski definition) is 1. The molecule has 1 aromatic heterocycles. The van der Waals surface area contributed by atoms with Crippen LogP contribution in [0.25, 0.3) is 0 Å². The number of nitrogens with zero attached hydrogens (tertiary/aromatic N) is 2. The summed E-state index contributed by atoms with van der Waals surface area (Å²) in [5.74, 6) is 1.52. The number of benzene rings is 1. The summed E-state index contributed by atoms with van der Waals surface area (Å²) in [7, 11) is 0. The van der Waals surface area contributed by atoms with E-state index in [1.807, 2.05) is 18.2 Å². The molecule has 0 spiro atoms. The molecule has 4 heteroatoms. The minimum Gasteiger partial charge on any atom is -0.423 e. The molecule has 1 fully saturated rings. The van der Waals surface area contributed by atoms with E-state index in [9.17, 15) is 0 Å². The van der Waals surface area contributed by atoms with E-state index in [-0.39, 0.29) is 5.92 Å². The Hall–Kier alpha value is -1.68. The van der Waals surface area contributed by atoms with Crippen molar-refractivity contribution in [3.8, 4) is 0 Å². The van der Waals surface area contributed by atoms with Crippen LogP contribution in [0.15, 0.2) is 34.7 Å². The van der Waals surface area contributed by atoms with Crippen LogP contribution in [0.2, 0.25) is 0 Å². The summed E-state index contributed by atoms with van der Waals surface area (Å²) in [4.78, 5) is 0. The van der Waals surface area contributed by atoms with E-state index in [1.54, 1.807) is 0 Å². The molecule has 1 aliphatic carbocycles. The van der Waals surface area contributed by atoms with E-state index >= 15 is 0 Å². The lowest BCUT2D eigenvalue weighted by atomic mass is 10.0. The standard InChI is InChI=1S/C14H17N3O/c1-10(11-5-3-2-4-6-11)14-17-16-13(18-14)9-15-12-7-8-12/h2-6,10,12,15H,7-9H2,1H3. The SMILES string of the molecule is CC(c1ccccc1)c1nnc(CNC2CC2)o1. The molecule has 18 heavy (non-hydrogen) atoms. The van der Waals surface area contributed by atoms with Gasteiger partial charge in [0.1, 0.15) is 0 Å². The molecule has 3 rings (SSSR count). The maximum absolute atomic E-state index is 5.69. The van der Waals surface area contributed by atoms with Crippen LogP contribution in [-0.4, -0.2) is 16.2 Å². The van der Waals surface area contributed by atoms with Crippen LogP contribution in [0.4, 0.5) is 0 Å². The van der Waals surface area contributed by atoms with Crippen LogP contribution >= 0.6 is 0 Å². The summed E-state index contributed by atoms with van der Waals surface area (Å²) < 4.78 is 5.69. The predicted octanol–water partition coefficient (Wildman–Crippen LogP) is 2.47. The van der Waals surface area contributed by atoms with E-state index < -0.39 is 0 Å². The Balaban J connectivity index is 1.68. The minimum atomic E-state index is 0.147. The summed E-state index contributed by atoms with van der Waals surface area (Å²) in [6, 6.07) is 10.9. The van der Waals surface area contributed by atoms with Crippen LogP contribution < -0.4 is 5.32 Å². The molecule has 1 heterocycles. The molecule has 1 aromatic carbocycles. The lowest BCUT2D eigenvalue weighted by Gasteiger charge is -2.06. The quantitative estimate of drug-likeness (QED) is 0.876. The summed E-state index contributed by atoms with van der Waals surface area (Å²) in [6.07, 6.45) is 2.53. The fraction of sp³-hybridized carbons (Fsp3) is 0.429. The molecule has 1 saturated carbocycles. The Bertz CT molecular complexity index is 505. The normalized spacial score (nSPS) is 16.7. The summed E-state index contributed by atoms with van der Waals surface area (Å²) in [5.41, 5.74) is 1.20. The van der Waals surface area contributed by atoms with Gasteiger partial charge in [-0.15, -0.1) is 10.2 Å². The Labute approximate surface area is 106 Å². The molecular formula is C14H17N3O. The van der Waals surface area contributed by atoms with Gasteiger partial charge in [-0.25, -0.2) is 0 Å². The third-order valence-corrected chi connectivity index (χ3v) is 3.27. The number of rotatable bonds is 5. The molecule has 4 nitrogen and oxygen atoms in total. The lowest BCUT2D eigenvalue weighted by Crippen LogP contribution is -2.15. The smallest absolute Gasteiger partial charge is 0.230 e. The van der Waals surface area contributed by atoms with Crippen LogP contribution in [-0.2, 0) is 6.54 Å². The third kappa shape index (κ3) is 2.59. The second kappa shape index (κ2) is 4.90. The van der Waals surface area contributed by atoms with Gasteiger partial charge in [-0.3, -0.25) is 0 Å². The van der Waals surface area contributed by atoms with Crippen molar-refractivity contribution >= 4 is 0 Å². The highest BCUT2D eigenvalue weighted by molar-refractivity contribution is 5.23. The first-order valence-electron chi connectivity index (χ1n) is 6.43. The lowest BCUT2D eigenvalue weighted by molar-refractivity contribution is 0.423. The Morgan fingerprint density at radius 2 is 2.06 bits per heavy atom. The zero-order chi connectivity index (χ0) is 12.4. The van der Waals surface area contributed by atoms with E-state index in [1.165, 1.54) is 18.4 Å². The zero-order valence-corrected chi connectivity index (χ0v) is 10.5. The van der Waals surface area contributed by atoms with Crippen LogP contribution in [0.3, 0.4) is 0 Å². The highest BCUT2D eigenvalue weighted by atomic mass is 16.4. The van der Waals surface area contributed by atoms with E-state index in [0.29, 0.717) is 24.4 Å². The van der Waals surface area contributed by atoms with Gasteiger partial charge in [-0.2, -0.15) is 0 Å². The van der Waals surface area contributed by atoms with Crippen molar-refractivity contribution in [2.24, 2.45) is 0 Å². The first-order chi connectivity index (χ1) is 8.83. The van der Waals surface area contributed by atoms with Gasteiger partial charge in [0.25, 0.3) is 0 Å². The number of aromatic nitrogens is 2. The topological polar surface area (TPSA) is 51.0 Å². The fourth-order valence-corrected chi connectivity index (χ4v) is 1.92. The molecule has 1 aliphatic rings. The van der Waals surface area contributed by atoms with E-state index in [2.05, 4.69) is 34.6 Å². The van der Waals surface area contributed by atoms with E-state index in [4.69, 9.17) is 4.42 Å². The molecule has 0 bridgehead atoms. The minimum absolute atomic E-state index is 0.147. The first kappa shape index (κ1) is 11.4. The van der Waals surface area contributed by atoms with Crippen molar-refractivity contribution in [1.29, 1.82) is 0 Å². The van der Waals surface area contributed by atoms with Crippen molar-refractivity contribution in [1.82, 2.24) is 15.5 Å². The van der Waals surface area contributed by atoms with Gasteiger partial charge in [0.2, 0.25) is 11.8 Å². The summed E-state index contributed by atoms with van der Waals surface area (Å²) in [5, 5.41) is 11.6. The maximum atomic E-state index is 5.69. The van der Waals surface area contributed by atoms with Crippen molar-refractivity contribution < 1.29 is 4.42 Å². The molecule has 0 aliphatic heterocycles. The Kier molecular flexibility index (Phi) is 3.11. The van der Waals surface area contributed by atoms with Crippen molar-refractivity contribution in [2.75, 3.05) is 0 Å². The second-order valence-corrected chi connectivity index (χ2v) is 4.82. The zero-order valence-electron chi connectivity index (χ0n) is 10.5. The molecular weight excluding hydrogens is 226 g/mol. The average molecular weight is 243 g/mol. The summed E-state index contributed by atoms with van der Waals surface area (Å²) >= 11 is 0. The Morgan fingerprint density at radius 3 is 2.78 bits per heavy atom. The largest absolute Gasteiger partial charge is 0.423 e. The highest BCUT2D eigenvalue weighted by Gasteiger charge is 2.22. The molecule has 94 valence electrons. The van der Waals surface area contributed by atoms with Crippen molar-refractivity contribution in [2.45, 2.75) is 38.3 Å². The van der Waals surface area contributed by atoms with Gasteiger partial charge in [0.15, 0.2) is 0 Å². The number of nitrogens with one attached hydrogen (secondary N) is 1. The fourth-order valence-electron chi connectivity index (χ4n) is 1.92. The predicted molar refractivity (Wildman–Crippen MR) is 68.1 cm³/mol. The second-order valence-electron chi connectivity index (χ2n) is 4.82. The first-order valence-corrected chi connectivity index (χ1v) is 6.43. The van der Waals surface area contributed by atoms with Crippen LogP contribution in [0.5, 0.6) is 0 Å². The molecule has 0 radical (unpaired) electrons. The molecule has 1 atom stereocenters. The maximum Gasteiger partial charge on any atom is 0.230 e. The van der Waals surface area contributed by atoms with Gasteiger partial charge < -0.3 is 9.73 Å².